The van der Waals surface area contributed by atoms with E-state index in [4.69, 9.17) is 9.47 Å². The van der Waals surface area contributed by atoms with Gasteiger partial charge < -0.3 is 44.8 Å². The molecule has 4 unspecified atom stereocenters. The zero-order valence-corrected chi connectivity index (χ0v) is 31.1. The molecule has 4 saturated carbocycles. The summed E-state index contributed by atoms with van der Waals surface area (Å²) in [6, 6.07) is 0. The Morgan fingerprint density at radius 3 is 2.17 bits per heavy atom. The van der Waals surface area contributed by atoms with E-state index in [1.54, 1.807) is 0 Å². The number of ether oxygens (including phenoxy) is 2. The fourth-order valence-corrected chi connectivity index (χ4v) is 12.3. The van der Waals surface area contributed by atoms with E-state index in [1.165, 1.54) is 0 Å². The molecule has 15 atom stereocenters. The Morgan fingerprint density at radius 2 is 1.54 bits per heavy atom. The molecular weight excluding hydrogens is 639 g/mol. The molecule has 48 heavy (non-hydrogen) atoms. The Kier molecular flexibility index (Phi) is 10.7. The third-order valence-corrected chi connectivity index (χ3v) is 15.3. The Labute approximate surface area is 286 Å². The van der Waals surface area contributed by atoms with Crippen LogP contribution < -0.4 is 0 Å². The molecule has 0 aromatic carbocycles. The Morgan fingerprint density at radius 1 is 0.896 bits per heavy atom. The van der Waals surface area contributed by atoms with Gasteiger partial charge in [-0.1, -0.05) is 46.3 Å². The Bertz CT molecular complexity index is 1250. The molecule has 11 nitrogen and oxygen atoms in total. The number of hydrogen-bond acceptors (Lipinski definition) is 9. The van der Waals surface area contributed by atoms with Crippen molar-refractivity contribution in [2.45, 2.75) is 162 Å². The van der Waals surface area contributed by atoms with Gasteiger partial charge >= 0.3 is 7.82 Å². The molecule has 1 saturated heterocycles. The van der Waals surface area contributed by atoms with E-state index in [0.29, 0.717) is 31.1 Å². The predicted octanol–water partition coefficient (Wildman–Crippen LogP) is 4.44. The van der Waals surface area contributed by atoms with E-state index in [-0.39, 0.29) is 39.6 Å². The van der Waals surface area contributed by atoms with Gasteiger partial charge in [0.05, 0.1) is 24.4 Å². The standard InChI is InChI=1S/C36H63O11P/c1-20(2)10-9-14-36(8,47-31-30(41)29(40)28(39)23(46-31)19-45-48(42,43)44)21-11-16-35(7)27(21)22(37)18-25-33(5)15-13-26(38)32(3,4)24(33)12-17-34(25,35)6/h10,21-31,37-41H,9,11-19H2,1-8H3,(H2,42,43,44)/t21?,22-,23-,24?,25?,26+,27?,28-,29+,30-,31+,33+,34-,35-,36+/m1/s1. The first-order chi connectivity index (χ1) is 22.0. The van der Waals surface area contributed by atoms with Gasteiger partial charge in [0, 0.05) is 0 Å². The molecule has 1 heterocycles. The highest BCUT2D eigenvalue weighted by molar-refractivity contribution is 7.46. The van der Waals surface area contributed by atoms with Crippen molar-refractivity contribution in [3.63, 3.8) is 0 Å². The van der Waals surface area contributed by atoms with E-state index in [2.05, 4.69) is 45.2 Å². The number of aliphatic hydroxyl groups is 5. The molecule has 0 amide bonds. The molecule has 1 aliphatic heterocycles. The smallest absolute Gasteiger partial charge is 0.393 e. The van der Waals surface area contributed by atoms with Crippen LogP contribution in [0.2, 0.25) is 0 Å². The molecule has 0 aromatic heterocycles. The second-order valence-electron chi connectivity index (χ2n) is 17.9. The average molecular weight is 703 g/mol. The topological polar surface area (TPSA) is 186 Å². The van der Waals surface area contributed by atoms with Gasteiger partial charge in [0.15, 0.2) is 6.29 Å². The first kappa shape index (κ1) is 38.8. The molecule has 0 aromatic rings. The summed E-state index contributed by atoms with van der Waals surface area (Å²) in [5.41, 5.74) is -0.250. The van der Waals surface area contributed by atoms with E-state index < -0.39 is 56.8 Å². The molecule has 5 fully saturated rings. The van der Waals surface area contributed by atoms with E-state index in [9.17, 15) is 39.9 Å². The van der Waals surface area contributed by atoms with Crippen molar-refractivity contribution in [2.24, 2.45) is 45.3 Å². The lowest BCUT2D eigenvalue weighted by Gasteiger charge is -2.70. The minimum atomic E-state index is -4.89. The normalized spacial score (nSPS) is 48.5. The summed E-state index contributed by atoms with van der Waals surface area (Å²) < 4.78 is 28.6. The van der Waals surface area contributed by atoms with E-state index in [1.807, 2.05) is 20.8 Å². The van der Waals surface area contributed by atoms with Crippen molar-refractivity contribution in [3.05, 3.63) is 11.6 Å². The highest BCUT2D eigenvalue weighted by atomic mass is 31.2. The molecule has 0 radical (unpaired) electrons. The van der Waals surface area contributed by atoms with Crippen molar-refractivity contribution in [2.75, 3.05) is 6.61 Å². The van der Waals surface area contributed by atoms with Crippen LogP contribution in [0.5, 0.6) is 0 Å². The summed E-state index contributed by atoms with van der Waals surface area (Å²) in [5.74, 6) is 0.421. The van der Waals surface area contributed by atoms with Gasteiger partial charge in [-0.2, -0.15) is 0 Å². The first-order valence-electron chi connectivity index (χ1n) is 18.1. The van der Waals surface area contributed by atoms with Gasteiger partial charge in [0.25, 0.3) is 0 Å². The molecule has 278 valence electrons. The lowest BCUT2D eigenvalue weighted by atomic mass is 9.35. The van der Waals surface area contributed by atoms with Crippen LogP contribution in [0.3, 0.4) is 0 Å². The van der Waals surface area contributed by atoms with Crippen LogP contribution >= 0.6 is 7.82 Å². The zero-order chi connectivity index (χ0) is 35.8. The lowest BCUT2D eigenvalue weighted by molar-refractivity contribution is -0.335. The summed E-state index contributed by atoms with van der Waals surface area (Å²) in [6.07, 6.45) is 0.805. The monoisotopic (exact) mass is 702 g/mol. The summed E-state index contributed by atoms with van der Waals surface area (Å²) >= 11 is 0. The highest BCUT2D eigenvalue weighted by Crippen LogP contribution is 2.76. The fraction of sp³-hybridized carbons (Fsp3) is 0.944. The van der Waals surface area contributed by atoms with Crippen LogP contribution in [0.1, 0.15) is 113 Å². The molecule has 5 aliphatic rings. The number of hydrogen-bond donors (Lipinski definition) is 7. The SMILES string of the molecule is CC(C)=CCC[C@](C)(O[C@@H]1O[C@H](COP(=O)(O)O)[C@@H](O)[C@H](O)[C@H]1O)C1CC[C@]2(C)C1[C@H](O)CC1[C@@]3(C)CC[C@H](O)C(C)(C)C3CC[C@]12C. The maximum Gasteiger partial charge on any atom is 0.469 e. The van der Waals surface area contributed by atoms with Crippen molar-refractivity contribution in [3.8, 4) is 0 Å². The van der Waals surface area contributed by atoms with Gasteiger partial charge in [-0.3, -0.25) is 4.52 Å². The third kappa shape index (κ3) is 6.44. The first-order valence-corrected chi connectivity index (χ1v) is 19.6. The van der Waals surface area contributed by atoms with Crippen molar-refractivity contribution in [1.82, 2.24) is 0 Å². The summed E-state index contributed by atoms with van der Waals surface area (Å²) in [4.78, 5) is 18.5. The second kappa shape index (κ2) is 13.2. The molecule has 7 N–H and O–H groups in total. The quantitative estimate of drug-likeness (QED) is 0.133. The number of phosphoric ester groups is 1. The molecule has 0 bridgehead atoms. The molecule has 4 aliphatic carbocycles. The molecule has 0 spiro atoms. The maximum atomic E-state index is 12.3. The van der Waals surface area contributed by atoms with Gasteiger partial charge in [-0.05, 0) is 124 Å². The predicted molar refractivity (Wildman–Crippen MR) is 179 cm³/mol. The Balaban J connectivity index is 1.47. The minimum Gasteiger partial charge on any atom is -0.393 e. The molecule has 12 heteroatoms. The van der Waals surface area contributed by atoms with Gasteiger partial charge in [-0.25, -0.2) is 4.57 Å². The zero-order valence-electron chi connectivity index (χ0n) is 30.2. The number of allylic oxidation sites excluding steroid dienone is 2. The number of rotatable bonds is 9. The second-order valence-corrected chi connectivity index (χ2v) is 19.1. The van der Waals surface area contributed by atoms with Crippen LogP contribution in [-0.4, -0.2) is 90.4 Å². The van der Waals surface area contributed by atoms with E-state index >= 15 is 0 Å². The van der Waals surface area contributed by atoms with Crippen LogP contribution in [0, 0.1) is 45.3 Å². The van der Waals surface area contributed by atoms with E-state index in [0.717, 1.165) is 44.1 Å². The van der Waals surface area contributed by atoms with Crippen molar-refractivity contribution < 1.29 is 53.9 Å². The average Bonchev–Trinajstić information content (AvgIpc) is 3.36. The lowest BCUT2D eigenvalue weighted by Crippen LogP contribution is -2.67. The van der Waals surface area contributed by atoms with Crippen molar-refractivity contribution in [1.29, 1.82) is 0 Å². The van der Waals surface area contributed by atoms with Crippen LogP contribution in [-0.2, 0) is 18.6 Å². The van der Waals surface area contributed by atoms with Gasteiger partial charge in [-0.15, -0.1) is 0 Å². The summed E-state index contributed by atoms with van der Waals surface area (Å²) in [6.45, 7) is 17.0. The van der Waals surface area contributed by atoms with Crippen LogP contribution in [0.15, 0.2) is 11.6 Å². The maximum absolute atomic E-state index is 12.3. The fourth-order valence-electron chi connectivity index (χ4n) is 12.0. The number of fused-ring (bicyclic) bond motifs is 5. The molecule has 5 rings (SSSR count). The van der Waals surface area contributed by atoms with Gasteiger partial charge in [0.1, 0.15) is 24.4 Å². The number of aliphatic hydroxyl groups excluding tert-OH is 5. The molecular formula is C36H63O11P. The van der Waals surface area contributed by atoms with Crippen molar-refractivity contribution >= 4 is 7.82 Å². The summed E-state index contributed by atoms with van der Waals surface area (Å²) in [5, 5.41) is 55.7. The largest absolute Gasteiger partial charge is 0.469 e. The highest BCUT2D eigenvalue weighted by Gasteiger charge is 2.71. The summed E-state index contributed by atoms with van der Waals surface area (Å²) in [7, 11) is -4.89. The van der Waals surface area contributed by atoms with Gasteiger partial charge in [0.2, 0.25) is 0 Å². The number of phosphoric acid groups is 1. The Hall–Kier alpha value is -0.430. The minimum absolute atomic E-state index is 0.00671. The van der Waals surface area contributed by atoms with Crippen LogP contribution in [0.4, 0.5) is 0 Å². The van der Waals surface area contributed by atoms with Crippen LogP contribution in [0.25, 0.3) is 0 Å². The third-order valence-electron chi connectivity index (χ3n) is 14.8.